The molecule has 0 aromatic rings. The van der Waals surface area contributed by atoms with Gasteiger partial charge in [-0.2, -0.15) is 0 Å². The van der Waals surface area contributed by atoms with Crippen molar-refractivity contribution < 1.29 is 4.39 Å². The molecule has 0 aromatic heterocycles. The molecule has 0 unspecified atom stereocenters. The Kier molecular flexibility index (Phi) is 3.17. The zero-order valence-electron chi connectivity index (χ0n) is 8.14. The summed E-state index contributed by atoms with van der Waals surface area (Å²) < 4.78 is 12.4. The number of nitrogens with one attached hydrogen (secondary N) is 1. The summed E-state index contributed by atoms with van der Waals surface area (Å²) in [6.07, 6.45) is 5.12. The van der Waals surface area contributed by atoms with Crippen molar-refractivity contribution in [2.24, 2.45) is 0 Å². The van der Waals surface area contributed by atoms with Gasteiger partial charge in [0.25, 0.3) is 0 Å². The molecule has 1 saturated heterocycles. The molecule has 3 heteroatoms. The molecule has 2 rings (SSSR count). The van der Waals surface area contributed by atoms with Crippen molar-refractivity contribution in [2.45, 2.75) is 37.8 Å². The molecule has 1 atom stereocenters. The standard InChI is InChI=1S/C10H19FN2/c11-5-7-13(9-2-1-3-9)10-4-6-12-8-10/h9-10,12H,1-8H2/t10-/m1/s1. The number of hydrogen-bond donors (Lipinski definition) is 1. The lowest BCUT2D eigenvalue weighted by Gasteiger charge is -2.40. The minimum Gasteiger partial charge on any atom is -0.315 e. The molecule has 1 aliphatic carbocycles. The average molecular weight is 186 g/mol. The van der Waals surface area contributed by atoms with E-state index in [0.29, 0.717) is 18.6 Å². The minimum absolute atomic E-state index is 0.187. The van der Waals surface area contributed by atoms with E-state index in [1.807, 2.05) is 0 Å². The van der Waals surface area contributed by atoms with Gasteiger partial charge in [0, 0.05) is 25.2 Å². The Morgan fingerprint density at radius 1 is 1.23 bits per heavy atom. The topological polar surface area (TPSA) is 15.3 Å². The second-order valence-corrected chi connectivity index (χ2v) is 4.16. The minimum atomic E-state index is -0.187. The summed E-state index contributed by atoms with van der Waals surface area (Å²) in [6.45, 7) is 2.64. The number of halogens is 1. The molecule has 0 bridgehead atoms. The van der Waals surface area contributed by atoms with Crippen LogP contribution in [0.3, 0.4) is 0 Å². The SMILES string of the molecule is FCCN(C1CCC1)[C@@H]1CCNC1. The number of alkyl halides is 1. The average Bonchev–Trinajstić information content (AvgIpc) is 2.51. The molecule has 1 aliphatic heterocycles. The molecule has 0 amide bonds. The normalized spacial score (nSPS) is 29.5. The number of rotatable bonds is 4. The molecule has 13 heavy (non-hydrogen) atoms. The highest BCUT2D eigenvalue weighted by molar-refractivity contribution is 4.88. The summed E-state index contributed by atoms with van der Waals surface area (Å²) >= 11 is 0. The van der Waals surface area contributed by atoms with Gasteiger partial charge in [-0.25, -0.2) is 4.39 Å². The van der Waals surface area contributed by atoms with E-state index in [4.69, 9.17) is 0 Å². The van der Waals surface area contributed by atoms with Gasteiger partial charge in [-0.15, -0.1) is 0 Å². The zero-order chi connectivity index (χ0) is 9.10. The lowest BCUT2D eigenvalue weighted by Crippen LogP contribution is -2.48. The summed E-state index contributed by atoms with van der Waals surface area (Å²) in [7, 11) is 0. The Morgan fingerprint density at radius 2 is 2.08 bits per heavy atom. The van der Waals surface area contributed by atoms with Crippen molar-refractivity contribution >= 4 is 0 Å². The molecule has 0 radical (unpaired) electrons. The van der Waals surface area contributed by atoms with Gasteiger partial charge in [0.05, 0.1) is 0 Å². The highest BCUT2D eigenvalue weighted by atomic mass is 19.1. The summed E-state index contributed by atoms with van der Waals surface area (Å²) in [5.74, 6) is 0. The first-order valence-electron chi connectivity index (χ1n) is 5.44. The van der Waals surface area contributed by atoms with Crippen molar-refractivity contribution in [1.82, 2.24) is 10.2 Å². The van der Waals surface area contributed by atoms with Gasteiger partial charge in [0.1, 0.15) is 6.67 Å². The molecule has 2 aliphatic rings. The van der Waals surface area contributed by atoms with E-state index < -0.39 is 0 Å². The van der Waals surface area contributed by atoms with E-state index in [1.165, 1.54) is 25.7 Å². The third kappa shape index (κ3) is 2.02. The van der Waals surface area contributed by atoms with Crippen LogP contribution in [-0.4, -0.2) is 43.3 Å². The van der Waals surface area contributed by atoms with Crippen LogP contribution in [0.25, 0.3) is 0 Å². The van der Waals surface area contributed by atoms with Gasteiger partial charge in [0.2, 0.25) is 0 Å². The maximum Gasteiger partial charge on any atom is 0.102 e. The fourth-order valence-electron chi connectivity index (χ4n) is 2.40. The van der Waals surface area contributed by atoms with Crippen LogP contribution in [0.5, 0.6) is 0 Å². The predicted molar refractivity (Wildman–Crippen MR) is 51.6 cm³/mol. The molecular weight excluding hydrogens is 167 g/mol. The van der Waals surface area contributed by atoms with E-state index >= 15 is 0 Å². The largest absolute Gasteiger partial charge is 0.315 e. The summed E-state index contributed by atoms with van der Waals surface area (Å²) in [4.78, 5) is 2.39. The van der Waals surface area contributed by atoms with Crippen molar-refractivity contribution in [3.8, 4) is 0 Å². The van der Waals surface area contributed by atoms with Crippen LogP contribution in [0.15, 0.2) is 0 Å². The first-order valence-corrected chi connectivity index (χ1v) is 5.44. The van der Waals surface area contributed by atoms with E-state index in [2.05, 4.69) is 10.2 Å². The first-order chi connectivity index (χ1) is 6.42. The van der Waals surface area contributed by atoms with Gasteiger partial charge in [-0.1, -0.05) is 6.42 Å². The highest BCUT2D eigenvalue weighted by Crippen LogP contribution is 2.27. The maximum atomic E-state index is 12.4. The number of hydrogen-bond acceptors (Lipinski definition) is 2. The Morgan fingerprint density at radius 3 is 2.54 bits per heavy atom. The second-order valence-electron chi connectivity index (χ2n) is 4.16. The van der Waals surface area contributed by atoms with Crippen LogP contribution in [0.4, 0.5) is 4.39 Å². The fourth-order valence-corrected chi connectivity index (χ4v) is 2.40. The lowest BCUT2D eigenvalue weighted by molar-refractivity contribution is 0.0800. The van der Waals surface area contributed by atoms with Crippen LogP contribution in [0.1, 0.15) is 25.7 Å². The summed E-state index contributed by atoms with van der Waals surface area (Å²) in [6, 6.07) is 1.31. The quantitative estimate of drug-likeness (QED) is 0.709. The molecule has 1 heterocycles. The molecule has 76 valence electrons. The van der Waals surface area contributed by atoms with Crippen LogP contribution in [0, 0.1) is 0 Å². The zero-order valence-corrected chi connectivity index (χ0v) is 8.14. The molecule has 0 aromatic carbocycles. The highest BCUT2D eigenvalue weighted by Gasteiger charge is 2.31. The molecular formula is C10H19FN2. The Labute approximate surface area is 79.5 Å². The Balaban J connectivity index is 1.86. The number of nitrogens with zero attached hydrogens (tertiary/aromatic N) is 1. The lowest BCUT2D eigenvalue weighted by atomic mass is 9.90. The maximum absolute atomic E-state index is 12.4. The second kappa shape index (κ2) is 4.38. The fraction of sp³-hybridized carbons (Fsp3) is 1.00. The molecule has 0 spiro atoms. The van der Waals surface area contributed by atoms with Crippen molar-refractivity contribution in [3.63, 3.8) is 0 Å². The molecule has 2 fully saturated rings. The van der Waals surface area contributed by atoms with Crippen LogP contribution in [0.2, 0.25) is 0 Å². The van der Waals surface area contributed by atoms with Gasteiger partial charge in [-0.3, -0.25) is 4.90 Å². The summed E-state index contributed by atoms with van der Waals surface area (Å²) in [5, 5.41) is 3.35. The third-order valence-electron chi connectivity index (χ3n) is 3.39. The Bertz CT molecular complexity index is 153. The third-order valence-corrected chi connectivity index (χ3v) is 3.39. The predicted octanol–water partition coefficient (Wildman–Crippen LogP) is 1.17. The molecule has 1 N–H and O–H groups in total. The van der Waals surface area contributed by atoms with Crippen molar-refractivity contribution in [2.75, 3.05) is 26.3 Å². The van der Waals surface area contributed by atoms with Crippen molar-refractivity contribution in [1.29, 1.82) is 0 Å². The van der Waals surface area contributed by atoms with Crippen LogP contribution >= 0.6 is 0 Å². The van der Waals surface area contributed by atoms with Crippen LogP contribution in [-0.2, 0) is 0 Å². The van der Waals surface area contributed by atoms with E-state index in [0.717, 1.165) is 13.1 Å². The molecule has 2 nitrogen and oxygen atoms in total. The van der Waals surface area contributed by atoms with Crippen LogP contribution < -0.4 is 5.32 Å². The van der Waals surface area contributed by atoms with E-state index in [9.17, 15) is 4.39 Å². The van der Waals surface area contributed by atoms with Gasteiger partial charge in [0.15, 0.2) is 0 Å². The van der Waals surface area contributed by atoms with Gasteiger partial charge < -0.3 is 5.32 Å². The van der Waals surface area contributed by atoms with E-state index in [-0.39, 0.29) is 6.67 Å². The smallest absolute Gasteiger partial charge is 0.102 e. The van der Waals surface area contributed by atoms with E-state index in [1.54, 1.807) is 0 Å². The van der Waals surface area contributed by atoms with Crippen molar-refractivity contribution in [3.05, 3.63) is 0 Å². The molecule has 1 saturated carbocycles. The summed E-state index contributed by atoms with van der Waals surface area (Å²) in [5.41, 5.74) is 0. The first kappa shape index (κ1) is 9.41. The van der Waals surface area contributed by atoms with Gasteiger partial charge >= 0.3 is 0 Å². The Hall–Kier alpha value is -0.150. The van der Waals surface area contributed by atoms with Gasteiger partial charge in [-0.05, 0) is 25.8 Å². The monoisotopic (exact) mass is 186 g/mol.